The summed E-state index contributed by atoms with van der Waals surface area (Å²) in [6.45, 7) is 7.61. The second kappa shape index (κ2) is 7.47. The first-order valence-electron chi connectivity index (χ1n) is 10.9. The molecule has 5 heteroatoms. The van der Waals surface area contributed by atoms with E-state index < -0.39 is 11.2 Å². The van der Waals surface area contributed by atoms with Crippen molar-refractivity contribution in [3.8, 4) is 11.3 Å². The van der Waals surface area contributed by atoms with Crippen LogP contribution in [0.1, 0.15) is 27.7 Å². The molecule has 0 aliphatic heterocycles. The molecule has 0 aliphatic carbocycles. The summed E-state index contributed by atoms with van der Waals surface area (Å²) in [7, 11) is 1.75. The molecule has 0 spiro atoms. The van der Waals surface area contributed by atoms with Gasteiger partial charge in [0.05, 0.1) is 16.7 Å². The third kappa shape index (κ3) is 3.48. The number of aromatic nitrogens is 2. The van der Waals surface area contributed by atoms with Gasteiger partial charge < -0.3 is 14.7 Å². The molecule has 2 aromatic heterocycles. The highest BCUT2D eigenvalue weighted by Crippen LogP contribution is 2.37. The number of pyridine rings is 1. The monoisotopic (exact) mass is 422 g/mol. The van der Waals surface area contributed by atoms with Gasteiger partial charge in [-0.3, -0.25) is 0 Å². The summed E-state index contributed by atoms with van der Waals surface area (Å²) in [5, 5.41) is 11.7. The van der Waals surface area contributed by atoms with Crippen LogP contribution in [-0.2, 0) is 4.65 Å². The van der Waals surface area contributed by atoms with Crippen LogP contribution in [0, 0.1) is 0 Å². The van der Waals surface area contributed by atoms with E-state index in [9.17, 15) is 0 Å². The Morgan fingerprint density at radius 3 is 2.22 bits per heavy atom. The Balaban J connectivity index is 1.58. The third-order valence-electron chi connectivity index (χ3n) is 6.53. The van der Waals surface area contributed by atoms with Gasteiger partial charge in [0.25, 0.3) is 0 Å². The molecule has 0 saturated carbocycles. The van der Waals surface area contributed by atoms with Crippen LogP contribution in [-0.4, -0.2) is 33.8 Å². The van der Waals surface area contributed by atoms with Gasteiger partial charge in [-0.1, -0.05) is 66.1 Å². The fraction of sp³-hybridized carbons (Fsp3) is 0.222. The summed E-state index contributed by atoms with van der Waals surface area (Å²) in [5.41, 5.74) is 4.88. The second-order valence-corrected chi connectivity index (χ2v) is 9.39. The summed E-state index contributed by atoms with van der Waals surface area (Å²) in [5.74, 6) is 0. The van der Waals surface area contributed by atoms with Crippen molar-refractivity contribution in [2.75, 3.05) is 0 Å². The van der Waals surface area contributed by atoms with E-state index >= 15 is 0 Å². The first kappa shape index (κ1) is 20.7. The first-order chi connectivity index (χ1) is 15.2. The van der Waals surface area contributed by atoms with Crippen LogP contribution in [0.5, 0.6) is 0 Å². The molecule has 0 amide bonds. The maximum absolute atomic E-state index is 8.28. The maximum Gasteiger partial charge on any atom is 0.331 e. The highest BCUT2D eigenvalue weighted by molar-refractivity contribution is 6.47. The molecule has 0 bridgehead atoms. The molecule has 5 aromatic rings. The largest absolute Gasteiger partial charge is 0.439 e. The fourth-order valence-corrected chi connectivity index (χ4v) is 3.84. The Morgan fingerprint density at radius 1 is 0.844 bits per heavy atom. The van der Waals surface area contributed by atoms with Crippen molar-refractivity contribution in [2.24, 2.45) is 0 Å². The maximum atomic E-state index is 8.28. The van der Waals surface area contributed by atoms with Crippen LogP contribution in [0.15, 0.2) is 72.8 Å². The van der Waals surface area contributed by atoms with E-state index in [1.165, 1.54) is 5.39 Å². The molecule has 5 rings (SSSR count). The molecule has 0 aliphatic rings. The van der Waals surface area contributed by atoms with Crippen molar-refractivity contribution in [1.29, 1.82) is 0 Å². The van der Waals surface area contributed by atoms with E-state index in [1.54, 1.807) is 7.48 Å². The van der Waals surface area contributed by atoms with E-state index in [0.717, 1.165) is 44.0 Å². The lowest BCUT2D eigenvalue weighted by atomic mass is 9.82. The first-order valence-corrected chi connectivity index (χ1v) is 10.9. The quantitative estimate of drug-likeness (QED) is 0.317. The number of rotatable bonds is 5. The minimum atomic E-state index is -0.709. The van der Waals surface area contributed by atoms with Gasteiger partial charge in [0, 0.05) is 41.1 Å². The lowest BCUT2D eigenvalue weighted by Gasteiger charge is -2.33. The predicted octanol–water partition coefficient (Wildman–Crippen LogP) is 5.08. The Kier molecular flexibility index (Phi) is 4.84. The Morgan fingerprint density at radius 2 is 1.50 bits per heavy atom. The molecule has 0 atom stereocenters. The molecule has 159 valence electrons. The van der Waals surface area contributed by atoms with E-state index in [1.807, 2.05) is 45.9 Å². The number of aromatic amines is 1. The van der Waals surface area contributed by atoms with Crippen LogP contribution >= 0.6 is 0 Å². The van der Waals surface area contributed by atoms with Gasteiger partial charge in [-0.25, -0.2) is 4.98 Å². The molecule has 1 radical (unpaired) electrons. The molecule has 3 N–H and O–H groups in total. The molecule has 2 heterocycles. The van der Waals surface area contributed by atoms with Gasteiger partial charge in [-0.05, 0) is 26.0 Å². The number of nitrogens with zero attached hydrogens (tertiary/aromatic N) is 1. The molecule has 32 heavy (non-hydrogen) atoms. The SMILES string of the molecule is CC(C)([OH2+])C(C)(C)O[B]c1ccc(-c2nc3ccccc3c3[nH]c4ccccc4c23)cc1. The molecule has 4 nitrogen and oxygen atoms in total. The van der Waals surface area contributed by atoms with Crippen molar-refractivity contribution in [1.82, 2.24) is 9.97 Å². The summed E-state index contributed by atoms with van der Waals surface area (Å²) in [6.07, 6.45) is 0. The molecule has 0 saturated heterocycles. The van der Waals surface area contributed by atoms with E-state index in [4.69, 9.17) is 14.7 Å². The van der Waals surface area contributed by atoms with Gasteiger partial charge in [-0.2, -0.15) is 0 Å². The molecule has 3 aromatic carbocycles. The van der Waals surface area contributed by atoms with Gasteiger partial charge >= 0.3 is 7.48 Å². The smallest absolute Gasteiger partial charge is 0.331 e. The minimum Gasteiger partial charge on any atom is -0.439 e. The van der Waals surface area contributed by atoms with Crippen molar-refractivity contribution in [2.45, 2.75) is 38.9 Å². The zero-order valence-corrected chi connectivity index (χ0v) is 18.9. The third-order valence-corrected chi connectivity index (χ3v) is 6.53. The van der Waals surface area contributed by atoms with Crippen molar-refractivity contribution in [3.05, 3.63) is 72.8 Å². The van der Waals surface area contributed by atoms with Crippen molar-refractivity contribution in [3.63, 3.8) is 0 Å². The topological polar surface area (TPSA) is 60.8 Å². The van der Waals surface area contributed by atoms with Crippen molar-refractivity contribution < 1.29 is 9.76 Å². The number of hydrogen-bond acceptors (Lipinski definition) is 2. The lowest BCUT2D eigenvalue weighted by molar-refractivity contribution is -0.0893. The number of fused-ring (bicyclic) bond motifs is 5. The summed E-state index contributed by atoms with van der Waals surface area (Å²) >= 11 is 0. The Bertz CT molecular complexity index is 1430. The van der Waals surface area contributed by atoms with Crippen LogP contribution < -0.4 is 5.46 Å². The Labute approximate surface area is 188 Å². The molecule has 0 fully saturated rings. The van der Waals surface area contributed by atoms with E-state index in [0.29, 0.717) is 0 Å². The normalized spacial score (nSPS) is 12.7. The number of H-pyrrole nitrogens is 1. The van der Waals surface area contributed by atoms with Gasteiger partial charge in [-0.15, -0.1) is 0 Å². The summed E-state index contributed by atoms with van der Waals surface area (Å²) < 4.78 is 5.97. The number of para-hydroxylation sites is 2. The standard InChI is InChI=1S/C27H26BN2O2/c1-26(2,31)27(3,4)32-28-18-15-13-17(14-16-18)24-23-19-9-5-7-11-21(19)30-25(23)20-10-6-8-12-22(20)29-24/h5-16,30-31H,1-4H3/p+1. The zero-order valence-electron chi connectivity index (χ0n) is 18.9. The summed E-state index contributed by atoms with van der Waals surface area (Å²) in [6, 6.07) is 24.9. The molecule has 0 unspecified atom stereocenters. The second-order valence-electron chi connectivity index (χ2n) is 9.39. The summed E-state index contributed by atoms with van der Waals surface area (Å²) in [4.78, 5) is 8.67. The average molecular weight is 422 g/mol. The number of benzene rings is 3. The van der Waals surface area contributed by atoms with Crippen molar-refractivity contribution >= 4 is 45.7 Å². The number of nitrogens with one attached hydrogen (secondary N) is 1. The lowest BCUT2D eigenvalue weighted by Crippen LogP contribution is -2.49. The highest BCUT2D eigenvalue weighted by atomic mass is 16.5. The van der Waals surface area contributed by atoms with Crippen LogP contribution in [0.2, 0.25) is 0 Å². The average Bonchev–Trinajstić information content (AvgIpc) is 3.17. The molecular weight excluding hydrogens is 395 g/mol. The van der Waals surface area contributed by atoms with E-state index in [-0.39, 0.29) is 0 Å². The van der Waals surface area contributed by atoms with Crippen LogP contribution in [0.3, 0.4) is 0 Å². The van der Waals surface area contributed by atoms with E-state index in [2.05, 4.69) is 59.6 Å². The van der Waals surface area contributed by atoms with Crippen LogP contribution in [0.25, 0.3) is 44.0 Å². The fourth-order valence-electron chi connectivity index (χ4n) is 3.84. The number of hydrogen-bond donors (Lipinski definition) is 1. The van der Waals surface area contributed by atoms with Gasteiger partial charge in [0.2, 0.25) is 0 Å². The minimum absolute atomic E-state index is 0.595. The molecular formula is C27H27BN2O2+. The predicted molar refractivity (Wildman–Crippen MR) is 135 cm³/mol. The zero-order chi connectivity index (χ0) is 22.5. The van der Waals surface area contributed by atoms with Gasteiger partial charge in [0.15, 0.2) is 5.60 Å². The van der Waals surface area contributed by atoms with Crippen LogP contribution in [0.4, 0.5) is 0 Å². The van der Waals surface area contributed by atoms with Gasteiger partial charge in [0.1, 0.15) is 5.60 Å². The highest BCUT2D eigenvalue weighted by Gasteiger charge is 2.40. The Hall–Kier alpha value is -3.15.